The zero-order valence-corrected chi connectivity index (χ0v) is 26.7. The van der Waals surface area contributed by atoms with E-state index in [2.05, 4.69) is 10.3 Å². The number of nitrogens with two attached hydrogens (primary N) is 1. The molecule has 3 aromatic rings. The van der Waals surface area contributed by atoms with Gasteiger partial charge in [0.25, 0.3) is 0 Å². The van der Waals surface area contributed by atoms with Crippen molar-refractivity contribution in [3.63, 3.8) is 0 Å². The molecule has 0 saturated carbocycles. The predicted octanol–water partition coefficient (Wildman–Crippen LogP) is 4.25. The SMILES string of the molecule is Cc1c(Cl)ccc(S(=O)(=O)N(CCc2ccccc2)CC(=O)NCC(=O)N(CCCCN)CCCc2cccnc2)c1Cl. The fourth-order valence-corrected chi connectivity index (χ4v) is 6.67. The van der Waals surface area contributed by atoms with E-state index < -0.39 is 22.5 Å². The van der Waals surface area contributed by atoms with Crippen molar-refractivity contribution in [1.82, 2.24) is 19.5 Å². The number of hydrogen-bond acceptors (Lipinski definition) is 6. The number of nitrogens with zero attached hydrogens (tertiary/aromatic N) is 3. The monoisotopic (exact) mass is 647 g/mol. The molecule has 1 heterocycles. The number of rotatable bonds is 17. The lowest BCUT2D eigenvalue weighted by molar-refractivity contribution is -0.133. The first-order chi connectivity index (χ1) is 20.6. The van der Waals surface area contributed by atoms with Crippen molar-refractivity contribution in [2.24, 2.45) is 5.73 Å². The molecule has 12 heteroatoms. The molecule has 9 nitrogen and oxygen atoms in total. The van der Waals surface area contributed by atoms with E-state index in [1.807, 2.05) is 42.5 Å². The van der Waals surface area contributed by atoms with Crippen LogP contribution < -0.4 is 11.1 Å². The first kappa shape index (κ1) is 34.5. The van der Waals surface area contributed by atoms with Crippen molar-refractivity contribution in [3.8, 4) is 0 Å². The van der Waals surface area contributed by atoms with Crippen LogP contribution in [0.25, 0.3) is 0 Å². The molecule has 2 aromatic carbocycles. The van der Waals surface area contributed by atoms with Gasteiger partial charge in [0, 0.05) is 37.1 Å². The summed E-state index contributed by atoms with van der Waals surface area (Å²) in [5.41, 5.74) is 8.07. The minimum Gasteiger partial charge on any atom is -0.346 e. The summed E-state index contributed by atoms with van der Waals surface area (Å²) in [4.78, 5) is 31.9. The van der Waals surface area contributed by atoms with Crippen LogP contribution >= 0.6 is 23.2 Å². The minimum atomic E-state index is -4.17. The fraction of sp³-hybridized carbons (Fsp3) is 0.387. The third-order valence-electron chi connectivity index (χ3n) is 7.00. The molecule has 0 saturated heterocycles. The van der Waals surface area contributed by atoms with Crippen molar-refractivity contribution in [3.05, 3.63) is 93.7 Å². The molecule has 0 aliphatic heterocycles. The molecule has 3 N–H and O–H groups in total. The Morgan fingerprint density at radius 1 is 0.907 bits per heavy atom. The van der Waals surface area contributed by atoms with E-state index in [1.54, 1.807) is 24.2 Å². The largest absolute Gasteiger partial charge is 0.346 e. The van der Waals surface area contributed by atoms with E-state index in [1.165, 1.54) is 12.1 Å². The van der Waals surface area contributed by atoms with Crippen LogP contribution in [0.4, 0.5) is 0 Å². The molecule has 0 spiro atoms. The third kappa shape index (κ3) is 10.6. The average Bonchev–Trinajstić information content (AvgIpc) is 3.00. The van der Waals surface area contributed by atoms with E-state index in [9.17, 15) is 18.0 Å². The average molecular weight is 649 g/mol. The van der Waals surface area contributed by atoms with Gasteiger partial charge in [-0.2, -0.15) is 4.31 Å². The van der Waals surface area contributed by atoms with Crippen LogP contribution in [-0.4, -0.2) is 73.7 Å². The summed E-state index contributed by atoms with van der Waals surface area (Å²) in [6.07, 6.45) is 6.92. The van der Waals surface area contributed by atoms with Crippen molar-refractivity contribution < 1.29 is 18.0 Å². The Balaban J connectivity index is 1.68. The van der Waals surface area contributed by atoms with E-state index in [0.29, 0.717) is 36.6 Å². The fourth-order valence-electron chi connectivity index (χ4n) is 4.49. The van der Waals surface area contributed by atoms with Crippen LogP contribution in [0.1, 0.15) is 36.0 Å². The van der Waals surface area contributed by atoms with Crippen molar-refractivity contribution in [2.75, 3.05) is 39.3 Å². The second-order valence-corrected chi connectivity index (χ2v) is 12.9. The molecule has 0 radical (unpaired) electrons. The smallest absolute Gasteiger partial charge is 0.245 e. The Morgan fingerprint density at radius 3 is 2.33 bits per heavy atom. The normalized spacial score (nSPS) is 11.5. The van der Waals surface area contributed by atoms with Crippen LogP contribution in [-0.2, 0) is 32.5 Å². The summed E-state index contributed by atoms with van der Waals surface area (Å²) in [5, 5.41) is 2.97. The molecule has 232 valence electrons. The third-order valence-corrected chi connectivity index (χ3v) is 9.90. The highest BCUT2D eigenvalue weighted by atomic mass is 35.5. The second-order valence-electron chi connectivity index (χ2n) is 10.2. The molecular weight excluding hydrogens is 609 g/mol. The lowest BCUT2D eigenvalue weighted by Gasteiger charge is -2.25. The van der Waals surface area contributed by atoms with Crippen molar-refractivity contribution in [2.45, 2.75) is 43.9 Å². The number of carbonyl (C=O) groups excluding carboxylic acids is 2. The van der Waals surface area contributed by atoms with Gasteiger partial charge in [0.05, 0.1) is 18.1 Å². The van der Waals surface area contributed by atoms with E-state index in [0.717, 1.165) is 41.1 Å². The van der Waals surface area contributed by atoms with Crippen LogP contribution in [0.3, 0.4) is 0 Å². The Kier molecular flexibility index (Phi) is 13.9. The molecule has 2 amide bonds. The zero-order valence-electron chi connectivity index (χ0n) is 24.3. The van der Waals surface area contributed by atoms with Crippen molar-refractivity contribution >= 4 is 45.0 Å². The van der Waals surface area contributed by atoms with Gasteiger partial charge in [-0.25, -0.2) is 8.42 Å². The molecule has 0 bridgehead atoms. The van der Waals surface area contributed by atoms with Gasteiger partial charge in [-0.1, -0.05) is 59.6 Å². The van der Waals surface area contributed by atoms with Gasteiger partial charge in [0.1, 0.15) is 4.90 Å². The molecule has 3 rings (SSSR count). The van der Waals surface area contributed by atoms with E-state index >= 15 is 0 Å². The number of unbranched alkanes of at least 4 members (excludes halogenated alkanes) is 1. The summed E-state index contributed by atoms with van der Waals surface area (Å²) in [7, 11) is -4.17. The molecular formula is C31H39Cl2N5O4S. The first-order valence-corrected chi connectivity index (χ1v) is 16.4. The number of hydrogen-bond donors (Lipinski definition) is 2. The second kappa shape index (κ2) is 17.3. The van der Waals surface area contributed by atoms with Gasteiger partial charge >= 0.3 is 0 Å². The van der Waals surface area contributed by atoms with Gasteiger partial charge in [-0.15, -0.1) is 0 Å². The van der Waals surface area contributed by atoms with Gasteiger partial charge in [-0.3, -0.25) is 14.6 Å². The van der Waals surface area contributed by atoms with E-state index in [4.69, 9.17) is 28.9 Å². The Morgan fingerprint density at radius 2 is 1.63 bits per heavy atom. The number of nitrogens with one attached hydrogen (secondary N) is 1. The number of amides is 2. The molecule has 0 atom stereocenters. The highest BCUT2D eigenvalue weighted by Gasteiger charge is 2.30. The van der Waals surface area contributed by atoms with Crippen LogP contribution in [0.5, 0.6) is 0 Å². The number of aromatic nitrogens is 1. The highest BCUT2D eigenvalue weighted by molar-refractivity contribution is 7.89. The van der Waals surface area contributed by atoms with Gasteiger partial charge in [0.2, 0.25) is 21.8 Å². The van der Waals surface area contributed by atoms with Crippen LogP contribution in [0.2, 0.25) is 10.0 Å². The number of benzene rings is 2. The molecule has 0 fully saturated rings. The summed E-state index contributed by atoms with van der Waals surface area (Å²) in [5.74, 6) is -0.837. The Bertz CT molecular complexity index is 1440. The number of sulfonamides is 1. The maximum atomic E-state index is 13.7. The van der Waals surface area contributed by atoms with Crippen molar-refractivity contribution in [1.29, 1.82) is 0 Å². The predicted molar refractivity (Wildman–Crippen MR) is 171 cm³/mol. The number of aryl methyl sites for hydroxylation is 1. The molecule has 0 unspecified atom stereocenters. The lowest BCUT2D eigenvalue weighted by Crippen LogP contribution is -2.46. The van der Waals surface area contributed by atoms with E-state index in [-0.39, 0.29) is 28.9 Å². The van der Waals surface area contributed by atoms with Gasteiger partial charge < -0.3 is 16.0 Å². The number of pyridine rings is 1. The maximum Gasteiger partial charge on any atom is 0.245 e. The first-order valence-electron chi connectivity index (χ1n) is 14.3. The molecule has 43 heavy (non-hydrogen) atoms. The molecule has 1 aromatic heterocycles. The number of carbonyl (C=O) groups is 2. The zero-order chi connectivity index (χ0) is 31.2. The topological polar surface area (TPSA) is 126 Å². The minimum absolute atomic E-state index is 0.00667. The molecule has 0 aliphatic carbocycles. The lowest BCUT2D eigenvalue weighted by atomic mass is 10.1. The summed E-state index contributed by atoms with van der Waals surface area (Å²) in [6.45, 7) is 2.50. The standard InChI is InChI=1S/C31H39Cl2N5O4S/c1-24-27(32)13-14-28(31(24)33)43(41,42)38(20-15-25-9-3-2-4-10-25)23-29(39)36-22-30(40)37(18-6-5-16-34)19-8-12-26-11-7-17-35-21-26/h2-4,7,9-11,13-14,17,21H,5-6,8,12,15-16,18-20,22-23,34H2,1H3,(H,36,39). The quantitative estimate of drug-likeness (QED) is 0.211. The summed E-state index contributed by atoms with van der Waals surface area (Å²) >= 11 is 12.5. The van der Waals surface area contributed by atoms with Crippen LogP contribution in [0.15, 0.2) is 71.9 Å². The van der Waals surface area contributed by atoms with Gasteiger partial charge in [0.15, 0.2) is 0 Å². The Labute approximate surface area is 264 Å². The summed E-state index contributed by atoms with van der Waals surface area (Å²) < 4.78 is 28.5. The van der Waals surface area contributed by atoms with Crippen LogP contribution in [0, 0.1) is 6.92 Å². The van der Waals surface area contributed by atoms with Gasteiger partial charge in [-0.05, 0) is 80.5 Å². The Hall–Kier alpha value is -3.02. The molecule has 0 aliphatic rings. The maximum absolute atomic E-state index is 13.7. The summed E-state index contributed by atoms with van der Waals surface area (Å²) in [6, 6.07) is 16.0. The highest BCUT2D eigenvalue weighted by Crippen LogP contribution is 2.32. The number of halogens is 2.